The molecule has 0 aliphatic heterocycles. The van der Waals surface area contributed by atoms with Crippen molar-refractivity contribution < 1.29 is 5.11 Å². The van der Waals surface area contributed by atoms with E-state index in [0.717, 1.165) is 7.05 Å². The van der Waals surface area contributed by atoms with Gasteiger partial charge in [-0.3, -0.25) is 9.78 Å². The van der Waals surface area contributed by atoms with Crippen molar-refractivity contribution in [2.24, 2.45) is 7.05 Å². The van der Waals surface area contributed by atoms with Crippen molar-refractivity contribution in [1.82, 2.24) is 9.55 Å². The first-order valence-corrected chi connectivity index (χ1v) is 2.93. The first kappa shape index (κ1) is 8.00. The lowest BCUT2D eigenvalue weighted by Gasteiger charge is -2.05. The zero-order chi connectivity index (χ0) is 9.30. The van der Waals surface area contributed by atoms with Crippen LogP contribution in [0.1, 0.15) is 0 Å². The summed E-state index contributed by atoms with van der Waals surface area (Å²) >= 11 is 0. The topological polar surface area (TPSA) is 106 Å². The molecule has 0 bridgehead atoms. The van der Waals surface area contributed by atoms with Crippen LogP contribution in [0.5, 0.6) is 5.88 Å². The molecule has 62 valence electrons. The minimum absolute atomic E-state index is 0.635. The summed E-state index contributed by atoms with van der Waals surface area (Å²) in [5.74, 6) is -0.925. The number of rotatable bonds is 0. The second-order valence-electron chi connectivity index (χ2n) is 2.07. The molecule has 0 amide bonds. The molecule has 12 heavy (non-hydrogen) atoms. The van der Waals surface area contributed by atoms with Crippen molar-refractivity contribution in [2.45, 2.75) is 0 Å². The number of hydrogen-bond acceptors (Lipinski definition) is 4. The molecule has 1 rings (SSSR count). The third-order valence-corrected chi connectivity index (χ3v) is 1.35. The second kappa shape index (κ2) is 2.50. The summed E-state index contributed by atoms with van der Waals surface area (Å²) in [5, 5.41) is 19.1. The normalized spacial score (nSPS) is 9.33. The molecule has 0 aromatic carbocycles. The molecule has 0 saturated heterocycles. The van der Waals surface area contributed by atoms with Crippen LogP contribution in [0.4, 0.5) is 5.69 Å². The first-order chi connectivity index (χ1) is 5.57. The number of aromatic nitrogens is 2. The lowest BCUT2D eigenvalue weighted by atomic mass is 10.5. The van der Waals surface area contributed by atoms with Gasteiger partial charge in [-0.25, -0.2) is 4.79 Å². The Morgan fingerprint density at radius 1 is 1.58 bits per heavy atom. The van der Waals surface area contributed by atoms with Crippen LogP contribution < -0.4 is 16.4 Å². The minimum atomic E-state index is -0.995. The zero-order valence-electron chi connectivity index (χ0n) is 6.07. The van der Waals surface area contributed by atoms with Crippen LogP contribution in [0.15, 0.2) is 9.59 Å². The van der Waals surface area contributed by atoms with Gasteiger partial charge in [-0.2, -0.15) is 0 Å². The Bertz CT molecular complexity index is 463. The van der Waals surface area contributed by atoms with Gasteiger partial charge in [0.05, 0.1) is 5.88 Å². The molecule has 1 aromatic heterocycles. The van der Waals surface area contributed by atoms with E-state index in [1.807, 2.05) is 0 Å². The highest BCUT2D eigenvalue weighted by molar-refractivity contribution is 5.49. The Morgan fingerprint density at radius 2 is 2.17 bits per heavy atom. The number of H-pyrrole nitrogens is 1. The highest BCUT2D eigenvalue weighted by atomic mass is 16.3. The Balaban J connectivity index is 3.78. The van der Waals surface area contributed by atoms with Crippen LogP contribution in [0, 0.1) is 5.39 Å². The highest BCUT2D eigenvalue weighted by Gasteiger charge is 2.15. The number of diazo groups is 1. The van der Waals surface area contributed by atoms with E-state index in [1.165, 1.54) is 0 Å². The van der Waals surface area contributed by atoms with E-state index in [2.05, 4.69) is 4.98 Å². The van der Waals surface area contributed by atoms with E-state index in [4.69, 9.17) is 5.39 Å². The Morgan fingerprint density at radius 3 is 2.67 bits per heavy atom. The van der Waals surface area contributed by atoms with Crippen LogP contribution in [0.3, 0.4) is 0 Å². The predicted molar refractivity (Wildman–Crippen MR) is 36.5 cm³/mol. The van der Waals surface area contributed by atoms with E-state index in [9.17, 15) is 14.7 Å². The first-order valence-electron chi connectivity index (χ1n) is 2.93. The van der Waals surface area contributed by atoms with Crippen LogP contribution in [0.2, 0.25) is 0 Å². The van der Waals surface area contributed by atoms with E-state index in [-0.39, 0.29) is 0 Å². The molecular weight excluding hydrogens is 164 g/mol. The fourth-order valence-corrected chi connectivity index (χ4v) is 0.677. The van der Waals surface area contributed by atoms with E-state index in [1.54, 1.807) is 4.98 Å². The van der Waals surface area contributed by atoms with Crippen molar-refractivity contribution in [3.8, 4) is 5.88 Å². The molecule has 7 heteroatoms. The smallest absolute Gasteiger partial charge is 0.457 e. The summed E-state index contributed by atoms with van der Waals surface area (Å²) in [5.41, 5.74) is -2.53. The van der Waals surface area contributed by atoms with E-state index in [0.29, 0.717) is 4.57 Å². The lowest BCUT2D eigenvalue weighted by Crippen LogP contribution is -2.29. The highest BCUT2D eigenvalue weighted by Crippen LogP contribution is 2.12. The number of hydrogen-bond donors (Lipinski definition) is 1. The van der Waals surface area contributed by atoms with Gasteiger partial charge in [0.15, 0.2) is 4.98 Å². The van der Waals surface area contributed by atoms with Gasteiger partial charge in [-0.1, -0.05) is 0 Å². The van der Waals surface area contributed by atoms with Gasteiger partial charge in [-0.15, -0.1) is 0 Å². The van der Waals surface area contributed by atoms with E-state index < -0.39 is 22.8 Å². The van der Waals surface area contributed by atoms with Gasteiger partial charge in [0.25, 0.3) is 0 Å². The fourth-order valence-electron chi connectivity index (χ4n) is 0.677. The largest absolute Gasteiger partial charge is 0.854 e. The van der Waals surface area contributed by atoms with E-state index >= 15 is 0 Å². The maximum absolute atomic E-state index is 10.9. The molecule has 0 spiro atoms. The summed E-state index contributed by atoms with van der Waals surface area (Å²) in [4.78, 5) is 25.7. The molecule has 1 N–H and O–H groups in total. The molecule has 1 heterocycles. The molecule has 0 aliphatic carbocycles. The zero-order valence-corrected chi connectivity index (χ0v) is 6.07. The SMILES string of the molecule is Cn1c([O-])c([N+]#N)c(=O)[nH]c1=O. The van der Waals surface area contributed by atoms with Crippen molar-refractivity contribution >= 4 is 5.69 Å². The van der Waals surface area contributed by atoms with Crippen LogP contribution in [-0.4, -0.2) is 9.55 Å². The van der Waals surface area contributed by atoms with Crippen molar-refractivity contribution in [1.29, 1.82) is 5.39 Å². The van der Waals surface area contributed by atoms with Gasteiger partial charge >= 0.3 is 16.9 Å². The van der Waals surface area contributed by atoms with Crippen LogP contribution in [0.25, 0.3) is 4.98 Å². The third kappa shape index (κ3) is 0.950. The monoisotopic (exact) mass is 168 g/mol. The van der Waals surface area contributed by atoms with Gasteiger partial charge in [0.2, 0.25) is 5.39 Å². The fraction of sp³-hybridized carbons (Fsp3) is 0.200. The molecule has 0 aliphatic rings. The number of nitrogens with zero attached hydrogens (tertiary/aromatic N) is 3. The summed E-state index contributed by atoms with van der Waals surface area (Å²) < 4.78 is 0.635. The average molecular weight is 168 g/mol. The molecular formula is C5H4N4O3. The molecule has 0 saturated carbocycles. The van der Waals surface area contributed by atoms with Crippen LogP contribution >= 0.6 is 0 Å². The third-order valence-electron chi connectivity index (χ3n) is 1.35. The number of nitrogens with one attached hydrogen (secondary N) is 1. The minimum Gasteiger partial charge on any atom is -0.854 e. The van der Waals surface area contributed by atoms with Gasteiger partial charge in [0.1, 0.15) is 0 Å². The Hall–Kier alpha value is -2.10. The standard InChI is InChI=1S/C5H4N4O3/c1-9-4(11)2(8-6)3(10)7-5(9)12/h1H3,(H-,7,10,11,12). The maximum Gasteiger partial charge on any atom is 0.457 e. The molecule has 1 aromatic rings. The van der Waals surface area contributed by atoms with Gasteiger partial charge in [0, 0.05) is 7.05 Å². The van der Waals surface area contributed by atoms with Crippen molar-refractivity contribution in [3.05, 3.63) is 25.8 Å². The summed E-state index contributed by atoms with van der Waals surface area (Å²) in [6, 6.07) is 0. The average Bonchev–Trinajstić information content (AvgIpc) is 2.01. The van der Waals surface area contributed by atoms with Crippen molar-refractivity contribution in [3.63, 3.8) is 0 Å². The Kier molecular flexibility index (Phi) is 1.67. The maximum atomic E-state index is 10.9. The second-order valence-corrected chi connectivity index (χ2v) is 2.07. The summed E-state index contributed by atoms with van der Waals surface area (Å²) in [6.45, 7) is 0. The molecule has 0 fully saturated rings. The predicted octanol–water partition coefficient (Wildman–Crippen LogP) is -1.37. The van der Waals surface area contributed by atoms with Crippen LogP contribution in [-0.2, 0) is 7.05 Å². The number of aromatic amines is 1. The summed E-state index contributed by atoms with van der Waals surface area (Å²) in [7, 11) is 1.16. The Labute approximate surface area is 65.5 Å². The molecule has 0 unspecified atom stereocenters. The van der Waals surface area contributed by atoms with Crippen molar-refractivity contribution in [2.75, 3.05) is 0 Å². The summed E-state index contributed by atoms with van der Waals surface area (Å²) in [6.07, 6.45) is 0. The quantitative estimate of drug-likeness (QED) is 0.482. The molecule has 7 nitrogen and oxygen atoms in total. The molecule has 0 radical (unpaired) electrons. The molecule has 0 atom stereocenters. The lowest BCUT2D eigenvalue weighted by molar-refractivity contribution is -0.278. The van der Waals surface area contributed by atoms with Gasteiger partial charge in [-0.05, 0) is 0 Å². The van der Waals surface area contributed by atoms with Gasteiger partial charge < -0.3 is 9.67 Å².